The van der Waals surface area contributed by atoms with E-state index in [1.54, 1.807) is 6.07 Å². The highest BCUT2D eigenvalue weighted by Gasteiger charge is 2.08. The van der Waals surface area contributed by atoms with Crippen molar-refractivity contribution in [3.63, 3.8) is 0 Å². The maximum Gasteiger partial charge on any atom is 0.142 e. The lowest BCUT2D eigenvalue weighted by molar-refractivity contribution is 0.311. The molecule has 4 nitrogen and oxygen atoms in total. The highest BCUT2D eigenvalue weighted by molar-refractivity contribution is 5.91. The Balaban J connectivity index is 1.92. The number of hydrogen-bond acceptors (Lipinski definition) is 4. The molecule has 2 aromatic carbocycles. The van der Waals surface area contributed by atoms with Gasteiger partial charge in [0.05, 0.1) is 17.8 Å². The first-order valence-corrected chi connectivity index (χ1v) is 7.67. The Labute approximate surface area is 134 Å². The van der Waals surface area contributed by atoms with Crippen LogP contribution in [0.1, 0.15) is 19.8 Å². The third-order valence-corrected chi connectivity index (χ3v) is 3.49. The zero-order chi connectivity index (χ0) is 16.1. The summed E-state index contributed by atoms with van der Waals surface area (Å²) in [7, 11) is 0. The van der Waals surface area contributed by atoms with Gasteiger partial charge in [-0.3, -0.25) is 0 Å². The fourth-order valence-corrected chi connectivity index (χ4v) is 2.28. The minimum absolute atomic E-state index is 0.317. The number of aromatic nitrogens is 2. The molecule has 0 spiro atoms. The average Bonchev–Trinajstić information content (AvgIpc) is 2.57. The first kappa shape index (κ1) is 15.2. The first-order chi connectivity index (χ1) is 11.3. The van der Waals surface area contributed by atoms with E-state index in [1.165, 1.54) is 18.5 Å². The Hall–Kier alpha value is -2.69. The monoisotopic (exact) mass is 311 g/mol. The van der Waals surface area contributed by atoms with E-state index in [1.807, 2.05) is 24.3 Å². The van der Waals surface area contributed by atoms with Crippen LogP contribution in [-0.2, 0) is 0 Å². The van der Waals surface area contributed by atoms with Gasteiger partial charge in [0.25, 0.3) is 0 Å². The quantitative estimate of drug-likeness (QED) is 0.671. The molecule has 0 atom stereocenters. The molecule has 0 aliphatic carbocycles. The van der Waals surface area contributed by atoms with E-state index in [9.17, 15) is 4.39 Å². The van der Waals surface area contributed by atoms with Crippen molar-refractivity contribution >= 4 is 22.4 Å². The molecule has 0 saturated heterocycles. The van der Waals surface area contributed by atoms with Gasteiger partial charge in [-0.15, -0.1) is 0 Å². The number of nitrogens with one attached hydrogen (secondary N) is 1. The van der Waals surface area contributed by atoms with Crippen LogP contribution in [0.4, 0.5) is 15.9 Å². The molecule has 0 aliphatic rings. The van der Waals surface area contributed by atoms with Crippen LogP contribution in [0.5, 0.6) is 5.75 Å². The van der Waals surface area contributed by atoms with Crippen molar-refractivity contribution in [2.24, 2.45) is 0 Å². The van der Waals surface area contributed by atoms with Gasteiger partial charge in [-0.05, 0) is 36.8 Å². The molecule has 23 heavy (non-hydrogen) atoms. The molecule has 5 heteroatoms. The second-order valence-corrected chi connectivity index (χ2v) is 5.21. The van der Waals surface area contributed by atoms with Crippen LogP contribution in [0.25, 0.3) is 10.9 Å². The van der Waals surface area contributed by atoms with Crippen molar-refractivity contribution < 1.29 is 9.13 Å². The molecule has 1 N–H and O–H groups in total. The lowest BCUT2D eigenvalue weighted by Crippen LogP contribution is -2.02. The van der Waals surface area contributed by atoms with Crippen molar-refractivity contribution in [1.29, 1.82) is 0 Å². The van der Waals surface area contributed by atoms with Gasteiger partial charge in [-0.2, -0.15) is 0 Å². The number of para-hydroxylation sites is 2. The van der Waals surface area contributed by atoms with Gasteiger partial charge >= 0.3 is 0 Å². The summed E-state index contributed by atoms with van der Waals surface area (Å²) in [6.45, 7) is 2.78. The molecule has 0 unspecified atom stereocenters. The Kier molecular flexibility index (Phi) is 4.66. The molecule has 3 aromatic rings. The molecule has 0 amide bonds. The van der Waals surface area contributed by atoms with Crippen LogP contribution in [0, 0.1) is 5.82 Å². The molecule has 0 saturated carbocycles. The largest absolute Gasteiger partial charge is 0.491 e. The third-order valence-electron chi connectivity index (χ3n) is 3.49. The summed E-state index contributed by atoms with van der Waals surface area (Å²) in [4.78, 5) is 8.40. The topological polar surface area (TPSA) is 47.0 Å². The third kappa shape index (κ3) is 3.56. The molecule has 118 valence electrons. The van der Waals surface area contributed by atoms with Gasteiger partial charge in [-0.25, -0.2) is 14.4 Å². The molecule has 1 aromatic heterocycles. The zero-order valence-electron chi connectivity index (χ0n) is 12.9. The predicted molar refractivity (Wildman–Crippen MR) is 89.6 cm³/mol. The van der Waals surface area contributed by atoms with Gasteiger partial charge in [0, 0.05) is 5.39 Å². The van der Waals surface area contributed by atoms with E-state index in [0.29, 0.717) is 23.3 Å². The second-order valence-electron chi connectivity index (χ2n) is 5.21. The van der Waals surface area contributed by atoms with Gasteiger partial charge in [0.15, 0.2) is 0 Å². The highest BCUT2D eigenvalue weighted by atomic mass is 19.1. The Bertz CT molecular complexity index is 807. The van der Waals surface area contributed by atoms with E-state index in [-0.39, 0.29) is 5.82 Å². The van der Waals surface area contributed by atoms with Gasteiger partial charge in [-0.1, -0.05) is 25.5 Å². The van der Waals surface area contributed by atoms with Crippen LogP contribution in [0.15, 0.2) is 48.8 Å². The fraction of sp³-hybridized carbons (Fsp3) is 0.222. The minimum Gasteiger partial charge on any atom is -0.491 e. The van der Waals surface area contributed by atoms with Crippen molar-refractivity contribution in [3.05, 3.63) is 54.6 Å². The summed E-state index contributed by atoms with van der Waals surface area (Å²) < 4.78 is 19.3. The van der Waals surface area contributed by atoms with E-state index in [4.69, 9.17) is 4.74 Å². The standard InChI is InChI=1S/C18H18FN3O/c1-2-3-10-23-17-7-5-4-6-16(17)22-18-14-11-13(19)8-9-15(14)20-12-21-18/h4-9,11-12H,2-3,10H2,1H3,(H,20,21,22). The Morgan fingerprint density at radius 2 is 2.00 bits per heavy atom. The summed E-state index contributed by atoms with van der Waals surface area (Å²) in [5.74, 6) is 0.994. The molecule has 0 aliphatic heterocycles. The minimum atomic E-state index is -0.317. The van der Waals surface area contributed by atoms with Crippen molar-refractivity contribution in [3.8, 4) is 5.75 Å². The van der Waals surface area contributed by atoms with Gasteiger partial charge in [0.2, 0.25) is 0 Å². The van der Waals surface area contributed by atoms with E-state index < -0.39 is 0 Å². The van der Waals surface area contributed by atoms with Crippen molar-refractivity contribution in [2.45, 2.75) is 19.8 Å². The number of ether oxygens (including phenoxy) is 1. The number of unbranched alkanes of at least 4 members (excludes halogenated alkanes) is 1. The summed E-state index contributed by atoms with van der Waals surface area (Å²) >= 11 is 0. The summed E-state index contributed by atoms with van der Waals surface area (Å²) in [6, 6.07) is 12.1. The van der Waals surface area contributed by atoms with Crippen LogP contribution in [0.3, 0.4) is 0 Å². The van der Waals surface area contributed by atoms with Gasteiger partial charge < -0.3 is 10.1 Å². The second kappa shape index (κ2) is 7.05. The van der Waals surface area contributed by atoms with Crippen molar-refractivity contribution in [2.75, 3.05) is 11.9 Å². The average molecular weight is 311 g/mol. The molecule has 0 bridgehead atoms. The fourth-order valence-electron chi connectivity index (χ4n) is 2.28. The number of fused-ring (bicyclic) bond motifs is 1. The molecule has 3 rings (SSSR count). The van der Waals surface area contributed by atoms with Crippen LogP contribution in [-0.4, -0.2) is 16.6 Å². The van der Waals surface area contributed by atoms with E-state index >= 15 is 0 Å². The Morgan fingerprint density at radius 1 is 1.13 bits per heavy atom. The lowest BCUT2D eigenvalue weighted by Gasteiger charge is -2.13. The van der Waals surface area contributed by atoms with Crippen LogP contribution in [0.2, 0.25) is 0 Å². The van der Waals surface area contributed by atoms with Crippen LogP contribution >= 0.6 is 0 Å². The molecule has 1 heterocycles. The lowest BCUT2D eigenvalue weighted by atomic mass is 10.2. The zero-order valence-corrected chi connectivity index (χ0v) is 12.9. The van der Waals surface area contributed by atoms with E-state index in [0.717, 1.165) is 24.3 Å². The molecule has 0 radical (unpaired) electrons. The number of halogens is 1. The van der Waals surface area contributed by atoms with Gasteiger partial charge in [0.1, 0.15) is 23.7 Å². The maximum atomic E-state index is 13.5. The Morgan fingerprint density at radius 3 is 2.87 bits per heavy atom. The normalized spacial score (nSPS) is 10.7. The molecular formula is C18H18FN3O. The number of rotatable bonds is 6. The maximum absolute atomic E-state index is 13.5. The highest BCUT2D eigenvalue weighted by Crippen LogP contribution is 2.29. The van der Waals surface area contributed by atoms with Crippen LogP contribution < -0.4 is 10.1 Å². The van der Waals surface area contributed by atoms with E-state index in [2.05, 4.69) is 22.2 Å². The first-order valence-electron chi connectivity index (χ1n) is 7.67. The summed E-state index contributed by atoms with van der Waals surface area (Å²) in [5.41, 5.74) is 1.49. The predicted octanol–water partition coefficient (Wildman–Crippen LogP) is 4.69. The molecule has 0 fully saturated rings. The number of benzene rings is 2. The SMILES string of the molecule is CCCCOc1ccccc1Nc1ncnc2ccc(F)cc12. The number of hydrogen-bond donors (Lipinski definition) is 1. The number of nitrogens with zero attached hydrogens (tertiary/aromatic N) is 2. The number of anilines is 2. The summed E-state index contributed by atoms with van der Waals surface area (Å²) in [5, 5.41) is 3.86. The molecular weight excluding hydrogens is 293 g/mol. The summed E-state index contributed by atoms with van der Waals surface area (Å²) in [6.07, 6.45) is 3.53. The smallest absolute Gasteiger partial charge is 0.142 e. The van der Waals surface area contributed by atoms with Crippen molar-refractivity contribution in [1.82, 2.24) is 9.97 Å².